The third kappa shape index (κ3) is 4.02. The van der Waals surface area contributed by atoms with Crippen molar-refractivity contribution >= 4 is 0 Å². The summed E-state index contributed by atoms with van der Waals surface area (Å²) in [6, 6.07) is 0. The van der Waals surface area contributed by atoms with Crippen molar-refractivity contribution in [2.75, 3.05) is 0 Å². The van der Waals surface area contributed by atoms with Gasteiger partial charge in [-0.25, -0.2) is 0 Å². The molecule has 0 saturated heterocycles. The maximum absolute atomic E-state index is 2.44. The summed E-state index contributed by atoms with van der Waals surface area (Å²) in [4.78, 5) is 0. The summed E-state index contributed by atoms with van der Waals surface area (Å²) < 4.78 is 0. The van der Waals surface area contributed by atoms with Crippen LogP contribution in [0.1, 0.15) is 66.7 Å². The first-order chi connectivity index (χ1) is 6.39. The van der Waals surface area contributed by atoms with Gasteiger partial charge in [-0.3, -0.25) is 0 Å². The Morgan fingerprint density at radius 1 is 1.21 bits per heavy atom. The van der Waals surface area contributed by atoms with Crippen molar-refractivity contribution in [1.29, 1.82) is 0 Å². The highest BCUT2D eigenvalue weighted by Gasteiger charge is 2.31. The molecule has 0 bridgehead atoms. The van der Waals surface area contributed by atoms with E-state index in [0.29, 0.717) is 5.41 Å². The Balaban J connectivity index is 2.25. The molecule has 2 unspecified atom stereocenters. The van der Waals surface area contributed by atoms with Crippen LogP contribution in [0.25, 0.3) is 0 Å². The molecule has 0 aromatic rings. The molecule has 0 spiro atoms. The van der Waals surface area contributed by atoms with Crippen molar-refractivity contribution in [3.8, 4) is 0 Å². The van der Waals surface area contributed by atoms with Gasteiger partial charge in [0.15, 0.2) is 0 Å². The van der Waals surface area contributed by atoms with E-state index in [2.05, 4.69) is 34.6 Å². The Morgan fingerprint density at radius 2 is 1.86 bits per heavy atom. The average molecular weight is 196 g/mol. The van der Waals surface area contributed by atoms with Crippen LogP contribution in [0.5, 0.6) is 0 Å². The smallest absolute Gasteiger partial charge is 0.0351 e. The van der Waals surface area contributed by atoms with Crippen molar-refractivity contribution in [3.05, 3.63) is 0 Å². The number of rotatable bonds is 4. The first-order valence-corrected chi connectivity index (χ1v) is 6.39. The first-order valence-electron chi connectivity index (χ1n) is 6.39. The fourth-order valence-electron chi connectivity index (χ4n) is 3.25. The second-order valence-electron chi connectivity index (χ2n) is 6.74. The van der Waals surface area contributed by atoms with Gasteiger partial charge in [-0.05, 0) is 55.3 Å². The summed E-state index contributed by atoms with van der Waals surface area (Å²) in [7, 11) is 0. The Hall–Kier alpha value is 0. The molecule has 1 aliphatic rings. The lowest BCUT2D eigenvalue weighted by molar-refractivity contribution is 0.310. The van der Waals surface area contributed by atoms with E-state index in [9.17, 15) is 0 Å². The Labute approximate surface area is 90.5 Å². The van der Waals surface area contributed by atoms with Crippen LogP contribution in [0.2, 0.25) is 0 Å². The number of hydrogen-bond donors (Lipinski definition) is 0. The molecule has 0 aliphatic heterocycles. The molecule has 0 heterocycles. The maximum atomic E-state index is 2.44. The number of hydrogen-bond acceptors (Lipinski definition) is 0. The molecule has 0 nitrogen and oxygen atoms in total. The van der Waals surface area contributed by atoms with E-state index in [1.54, 1.807) is 0 Å². The molecular formula is C14H28. The van der Waals surface area contributed by atoms with Gasteiger partial charge in [0.2, 0.25) is 0 Å². The summed E-state index contributed by atoms with van der Waals surface area (Å²) >= 11 is 0. The molecule has 1 aliphatic carbocycles. The maximum Gasteiger partial charge on any atom is -0.0351 e. The normalized spacial score (nSPS) is 28.3. The van der Waals surface area contributed by atoms with Gasteiger partial charge in [0.05, 0.1) is 0 Å². The van der Waals surface area contributed by atoms with Crippen LogP contribution in [-0.2, 0) is 0 Å². The molecule has 14 heavy (non-hydrogen) atoms. The zero-order valence-electron chi connectivity index (χ0n) is 10.8. The molecule has 0 N–H and O–H groups in total. The third-order valence-corrected chi connectivity index (χ3v) is 3.68. The average Bonchev–Trinajstić information content (AvgIpc) is 2.27. The lowest BCUT2D eigenvalue weighted by atomic mass is 9.85. The van der Waals surface area contributed by atoms with Gasteiger partial charge < -0.3 is 0 Å². The van der Waals surface area contributed by atoms with E-state index >= 15 is 0 Å². The molecule has 0 radical (unpaired) electrons. The molecule has 0 aromatic heterocycles. The highest BCUT2D eigenvalue weighted by Crippen LogP contribution is 2.43. The van der Waals surface area contributed by atoms with Crippen molar-refractivity contribution < 1.29 is 0 Å². The van der Waals surface area contributed by atoms with Gasteiger partial charge in [0, 0.05) is 0 Å². The predicted octanol–water partition coefficient (Wildman–Crippen LogP) is 4.89. The van der Waals surface area contributed by atoms with Crippen LogP contribution < -0.4 is 0 Å². The van der Waals surface area contributed by atoms with Gasteiger partial charge in [-0.15, -0.1) is 0 Å². The summed E-state index contributed by atoms with van der Waals surface area (Å²) in [5.41, 5.74) is 0.641. The summed E-state index contributed by atoms with van der Waals surface area (Å²) in [5, 5.41) is 0. The lowest BCUT2D eigenvalue weighted by Gasteiger charge is -2.20. The Morgan fingerprint density at radius 3 is 2.29 bits per heavy atom. The van der Waals surface area contributed by atoms with Crippen molar-refractivity contribution in [2.24, 2.45) is 23.2 Å². The van der Waals surface area contributed by atoms with Gasteiger partial charge in [0.25, 0.3) is 0 Å². The minimum atomic E-state index is 0.641. The first kappa shape index (κ1) is 12.1. The van der Waals surface area contributed by atoms with Crippen LogP contribution in [0.3, 0.4) is 0 Å². The lowest BCUT2D eigenvalue weighted by Crippen LogP contribution is -2.09. The molecule has 0 heteroatoms. The third-order valence-electron chi connectivity index (χ3n) is 3.68. The molecule has 0 amide bonds. The van der Waals surface area contributed by atoms with E-state index in [4.69, 9.17) is 0 Å². The van der Waals surface area contributed by atoms with Crippen LogP contribution in [-0.4, -0.2) is 0 Å². The van der Waals surface area contributed by atoms with Gasteiger partial charge >= 0.3 is 0 Å². The van der Waals surface area contributed by atoms with E-state index in [-0.39, 0.29) is 0 Å². The quantitative estimate of drug-likeness (QED) is 0.601. The molecular weight excluding hydrogens is 168 g/mol. The Kier molecular flexibility index (Phi) is 4.04. The fraction of sp³-hybridized carbons (Fsp3) is 1.00. The van der Waals surface area contributed by atoms with Gasteiger partial charge in [0.1, 0.15) is 0 Å². The molecule has 0 aromatic carbocycles. The highest BCUT2D eigenvalue weighted by molar-refractivity contribution is 4.82. The van der Waals surface area contributed by atoms with Crippen LogP contribution >= 0.6 is 0 Å². The second-order valence-corrected chi connectivity index (χ2v) is 6.74. The highest BCUT2D eigenvalue weighted by atomic mass is 14.4. The minimum absolute atomic E-state index is 0.641. The fourth-order valence-corrected chi connectivity index (χ4v) is 3.25. The summed E-state index contributed by atoms with van der Waals surface area (Å²) in [6.07, 6.45) is 7.29. The van der Waals surface area contributed by atoms with Crippen LogP contribution in [0.4, 0.5) is 0 Å². The summed E-state index contributed by atoms with van der Waals surface area (Å²) in [5.74, 6) is 2.84. The standard InChI is InChI=1S/C14H28/c1-11(2)8-12(3)9-13-6-7-14(4,5)10-13/h11-13H,6-10H2,1-5H3. The summed E-state index contributed by atoms with van der Waals surface area (Å²) in [6.45, 7) is 12.0. The second kappa shape index (κ2) is 4.68. The van der Waals surface area contributed by atoms with E-state index in [1.807, 2.05) is 0 Å². The molecule has 1 saturated carbocycles. The molecule has 2 atom stereocenters. The van der Waals surface area contributed by atoms with E-state index < -0.39 is 0 Å². The van der Waals surface area contributed by atoms with Crippen molar-refractivity contribution in [2.45, 2.75) is 66.7 Å². The minimum Gasteiger partial charge on any atom is -0.0628 e. The predicted molar refractivity (Wildman–Crippen MR) is 64.4 cm³/mol. The van der Waals surface area contributed by atoms with E-state index in [0.717, 1.165) is 17.8 Å². The molecule has 1 rings (SSSR count). The monoisotopic (exact) mass is 196 g/mol. The van der Waals surface area contributed by atoms with Crippen molar-refractivity contribution in [1.82, 2.24) is 0 Å². The largest absolute Gasteiger partial charge is 0.0628 e. The molecule has 84 valence electrons. The SMILES string of the molecule is CC(C)CC(C)CC1CCC(C)(C)C1. The van der Waals surface area contributed by atoms with E-state index in [1.165, 1.54) is 32.1 Å². The van der Waals surface area contributed by atoms with Gasteiger partial charge in [-0.1, -0.05) is 34.6 Å². The topological polar surface area (TPSA) is 0 Å². The van der Waals surface area contributed by atoms with Crippen LogP contribution in [0.15, 0.2) is 0 Å². The zero-order valence-corrected chi connectivity index (χ0v) is 10.8. The van der Waals surface area contributed by atoms with Crippen molar-refractivity contribution in [3.63, 3.8) is 0 Å². The Bertz CT molecular complexity index is 167. The zero-order chi connectivity index (χ0) is 10.8. The van der Waals surface area contributed by atoms with Gasteiger partial charge in [-0.2, -0.15) is 0 Å². The van der Waals surface area contributed by atoms with Crippen LogP contribution in [0, 0.1) is 23.2 Å². The molecule has 1 fully saturated rings.